The topological polar surface area (TPSA) is 93.5 Å². The lowest BCUT2D eigenvalue weighted by molar-refractivity contribution is -0.126. The lowest BCUT2D eigenvalue weighted by Crippen LogP contribution is -2.45. The van der Waals surface area contributed by atoms with Crippen molar-refractivity contribution in [2.24, 2.45) is 5.92 Å². The molecule has 0 unspecified atom stereocenters. The Bertz CT molecular complexity index is 1160. The molecule has 1 amide bonds. The van der Waals surface area contributed by atoms with Crippen LogP contribution < -0.4 is 10.1 Å². The minimum absolute atomic E-state index is 0.139. The molecule has 0 spiro atoms. The van der Waals surface area contributed by atoms with Crippen molar-refractivity contribution >= 4 is 15.9 Å². The Morgan fingerprint density at radius 2 is 1.97 bits per heavy atom. The van der Waals surface area contributed by atoms with Crippen LogP contribution in [0.3, 0.4) is 0 Å². The van der Waals surface area contributed by atoms with E-state index in [9.17, 15) is 13.2 Å². The predicted molar refractivity (Wildman–Crippen MR) is 120 cm³/mol. The first kappa shape index (κ1) is 22.0. The minimum atomic E-state index is -3.67. The third-order valence-electron chi connectivity index (χ3n) is 5.68. The van der Waals surface area contributed by atoms with Crippen LogP contribution in [-0.4, -0.2) is 48.4 Å². The summed E-state index contributed by atoms with van der Waals surface area (Å²) in [6, 6.07) is 14.1. The number of ether oxygens (including phenoxy) is 1. The van der Waals surface area contributed by atoms with E-state index in [0.29, 0.717) is 31.7 Å². The van der Waals surface area contributed by atoms with Crippen molar-refractivity contribution in [1.29, 1.82) is 0 Å². The van der Waals surface area contributed by atoms with Crippen LogP contribution in [0.2, 0.25) is 0 Å². The predicted octanol–water partition coefficient (Wildman–Crippen LogP) is 2.60. The second-order valence-corrected chi connectivity index (χ2v) is 9.63. The molecular formula is C23H26N4O4S. The molecule has 0 aliphatic carbocycles. The lowest BCUT2D eigenvalue weighted by Gasteiger charge is -2.31. The van der Waals surface area contributed by atoms with Gasteiger partial charge in [0.2, 0.25) is 15.9 Å². The average Bonchev–Trinajstić information content (AvgIpc) is 3.37. The van der Waals surface area contributed by atoms with Crippen LogP contribution >= 0.6 is 0 Å². The summed E-state index contributed by atoms with van der Waals surface area (Å²) >= 11 is 0. The zero-order valence-corrected chi connectivity index (χ0v) is 18.7. The molecule has 2 aromatic carbocycles. The number of sulfonamides is 1. The second kappa shape index (κ2) is 9.54. The third-order valence-corrected chi connectivity index (χ3v) is 7.56. The van der Waals surface area contributed by atoms with Crippen LogP contribution in [-0.2, 0) is 21.4 Å². The number of rotatable bonds is 7. The van der Waals surface area contributed by atoms with Gasteiger partial charge in [-0.2, -0.15) is 4.31 Å². The standard InChI is InChI=1S/C23H26N4O4S/c1-31-20-8-10-21(11-9-20)32(29,30)27-13-4-6-19(16-27)23(28)25-15-18-5-2-3-7-22(18)26-14-12-24-17-26/h2-3,5,7-12,14,17,19H,4,6,13,15-16H2,1H3,(H,25,28)/t19-/m0/s1. The van der Waals surface area contributed by atoms with E-state index in [0.717, 1.165) is 11.3 Å². The average molecular weight is 455 g/mol. The number of hydrogen-bond acceptors (Lipinski definition) is 5. The summed E-state index contributed by atoms with van der Waals surface area (Å²) in [6.07, 6.45) is 6.56. The second-order valence-electron chi connectivity index (χ2n) is 7.69. The maximum Gasteiger partial charge on any atom is 0.243 e. The molecule has 1 saturated heterocycles. The number of para-hydroxylation sites is 1. The summed E-state index contributed by atoms with van der Waals surface area (Å²) in [5.41, 5.74) is 1.90. The van der Waals surface area contributed by atoms with Gasteiger partial charge in [0.1, 0.15) is 5.75 Å². The Balaban J connectivity index is 1.42. The van der Waals surface area contributed by atoms with E-state index in [1.807, 2.05) is 35.0 Å². The molecule has 0 saturated carbocycles. The molecule has 1 N–H and O–H groups in total. The maximum atomic E-state index is 13.1. The fraction of sp³-hybridized carbons (Fsp3) is 0.304. The fourth-order valence-corrected chi connectivity index (χ4v) is 5.44. The summed E-state index contributed by atoms with van der Waals surface area (Å²) in [6.45, 7) is 0.930. The highest BCUT2D eigenvalue weighted by molar-refractivity contribution is 7.89. The van der Waals surface area contributed by atoms with Crippen molar-refractivity contribution in [3.05, 3.63) is 72.8 Å². The zero-order chi connectivity index (χ0) is 22.6. The number of amides is 1. The molecule has 3 aromatic rings. The van der Waals surface area contributed by atoms with Crippen molar-refractivity contribution in [2.75, 3.05) is 20.2 Å². The van der Waals surface area contributed by atoms with Gasteiger partial charge in [0.25, 0.3) is 0 Å². The van der Waals surface area contributed by atoms with Gasteiger partial charge in [-0.15, -0.1) is 0 Å². The van der Waals surface area contributed by atoms with Crippen LogP contribution in [0.5, 0.6) is 5.75 Å². The molecule has 1 aliphatic heterocycles. The number of imidazole rings is 1. The number of methoxy groups -OCH3 is 1. The van der Waals surface area contributed by atoms with Gasteiger partial charge in [-0.3, -0.25) is 4.79 Å². The summed E-state index contributed by atoms with van der Waals surface area (Å²) in [5.74, 6) is 0.0630. The molecule has 1 aromatic heterocycles. The van der Waals surface area contributed by atoms with Crippen molar-refractivity contribution in [3.8, 4) is 11.4 Å². The molecule has 0 bridgehead atoms. The van der Waals surface area contributed by atoms with E-state index >= 15 is 0 Å². The van der Waals surface area contributed by atoms with Crippen LogP contribution in [0.4, 0.5) is 0 Å². The van der Waals surface area contributed by atoms with Crippen LogP contribution in [0.1, 0.15) is 18.4 Å². The van der Waals surface area contributed by atoms with Crippen molar-refractivity contribution in [2.45, 2.75) is 24.3 Å². The molecule has 4 rings (SSSR count). The van der Waals surface area contributed by atoms with Gasteiger partial charge in [-0.1, -0.05) is 18.2 Å². The van der Waals surface area contributed by atoms with Crippen LogP contribution in [0.15, 0.2) is 72.1 Å². The largest absolute Gasteiger partial charge is 0.497 e. The number of piperidine rings is 1. The molecule has 1 fully saturated rings. The fourth-order valence-electron chi connectivity index (χ4n) is 3.91. The highest BCUT2D eigenvalue weighted by atomic mass is 32.2. The molecule has 9 heteroatoms. The van der Waals surface area contributed by atoms with Crippen molar-refractivity contribution < 1.29 is 17.9 Å². The Morgan fingerprint density at radius 1 is 1.19 bits per heavy atom. The number of carbonyl (C=O) groups excluding carboxylic acids is 1. The SMILES string of the molecule is COc1ccc(S(=O)(=O)N2CCC[C@H](C(=O)NCc3ccccc3-n3ccnc3)C2)cc1. The molecule has 1 aliphatic rings. The van der Waals surface area contributed by atoms with Gasteiger partial charge in [0.05, 0.1) is 29.9 Å². The van der Waals surface area contributed by atoms with Gasteiger partial charge in [-0.05, 0) is 48.7 Å². The first-order chi connectivity index (χ1) is 15.5. The first-order valence-corrected chi connectivity index (χ1v) is 11.9. The van der Waals surface area contributed by atoms with Crippen LogP contribution in [0.25, 0.3) is 5.69 Å². The van der Waals surface area contributed by atoms with Gasteiger partial charge in [0, 0.05) is 32.0 Å². The summed E-state index contributed by atoms with van der Waals surface area (Å²) in [7, 11) is -2.14. The van der Waals surface area contributed by atoms with Gasteiger partial charge < -0.3 is 14.6 Å². The number of nitrogens with zero attached hydrogens (tertiary/aromatic N) is 3. The normalized spacial score (nSPS) is 17.1. The van der Waals surface area contributed by atoms with Gasteiger partial charge in [0.15, 0.2) is 0 Å². The molecule has 1 atom stereocenters. The summed E-state index contributed by atoms with van der Waals surface area (Å²) in [4.78, 5) is 17.2. The van der Waals surface area contributed by atoms with E-state index in [2.05, 4.69) is 10.3 Å². The van der Waals surface area contributed by atoms with E-state index < -0.39 is 15.9 Å². The van der Waals surface area contributed by atoms with Crippen molar-refractivity contribution in [3.63, 3.8) is 0 Å². The molecule has 8 nitrogen and oxygen atoms in total. The smallest absolute Gasteiger partial charge is 0.243 e. The highest BCUT2D eigenvalue weighted by Crippen LogP contribution is 2.25. The molecule has 32 heavy (non-hydrogen) atoms. The zero-order valence-electron chi connectivity index (χ0n) is 17.8. The number of hydrogen-bond donors (Lipinski definition) is 1. The molecular weight excluding hydrogens is 428 g/mol. The lowest BCUT2D eigenvalue weighted by atomic mass is 9.98. The number of carbonyl (C=O) groups is 1. The Labute approximate surface area is 187 Å². The third kappa shape index (κ3) is 4.68. The number of aromatic nitrogens is 2. The van der Waals surface area contributed by atoms with Gasteiger partial charge in [-0.25, -0.2) is 13.4 Å². The highest BCUT2D eigenvalue weighted by Gasteiger charge is 2.33. The van der Waals surface area contributed by atoms with Gasteiger partial charge >= 0.3 is 0 Å². The number of benzene rings is 2. The van der Waals surface area contributed by atoms with Crippen molar-refractivity contribution in [1.82, 2.24) is 19.2 Å². The Hall–Kier alpha value is -3.17. The summed E-state index contributed by atoms with van der Waals surface area (Å²) in [5, 5.41) is 2.99. The Morgan fingerprint density at radius 3 is 2.69 bits per heavy atom. The maximum absolute atomic E-state index is 13.1. The monoisotopic (exact) mass is 454 g/mol. The summed E-state index contributed by atoms with van der Waals surface area (Å²) < 4.78 is 34.5. The van der Waals surface area contributed by atoms with E-state index in [-0.39, 0.29) is 17.3 Å². The van der Waals surface area contributed by atoms with Crippen LogP contribution in [0, 0.1) is 5.92 Å². The van der Waals surface area contributed by atoms with E-state index in [1.54, 1.807) is 24.7 Å². The first-order valence-electron chi connectivity index (χ1n) is 10.5. The van der Waals surface area contributed by atoms with E-state index in [4.69, 9.17) is 4.74 Å². The Kier molecular flexibility index (Phi) is 6.57. The van der Waals surface area contributed by atoms with E-state index in [1.165, 1.54) is 23.5 Å². The quantitative estimate of drug-likeness (QED) is 0.592. The molecule has 0 radical (unpaired) electrons. The molecule has 168 valence electrons. The number of nitrogens with one attached hydrogen (secondary N) is 1. The minimum Gasteiger partial charge on any atom is -0.497 e. The molecule has 2 heterocycles.